The highest BCUT2D eigenvalue weighted by atomic mass is 32.2. The lowest BCUT2D eigenvalue weighted by Crippen LogP contribution is -2.32. The predicted octanol–water partition coefficient (Wildman–Crippen LogP) is 4.97. The number of hydrogen-bond acceptors (Lipinski definition) is 18. The largest absolute Gasteiger partial charge is 0.488 e. The Balaban J connectivity index is 1.55. The smallest absolute Gasteiger partial charge is 0.391 e. The second-order valence-electron chi connectivity index (χ2n) is 14.5. The molecule has 0 fully saturated rings. The van der Waals surface area contributed by atoms with Crippen LogP contribution in [0.1, 0.15) is 54.0 Å². The lowest BCUT2D eigenvalue weighted by molar-refractivity contribution is -0.133. The summed E-state index contributed by atoms with van der Waals surface area (Å²) in [5.74, 6) is -15.2. The molecule has 5 aromatic rings. The Kier molecular flexibility index (Phi) is 13.7. The molecule has 4 bridgehead atoms. The molecule has 2 amide bonds. The van der Waals surface area contributed by atoms with E-state index in [1.165, 1.54) is 0 Å². The Morgan fingerprint density at radius 1 is 0.768 bits per heavy atom. The van der Waals surface area contributed by atoms with Crippen LogP contribution in [0.4, 0.5) is 13.2 Å². The number of carbonyl (C=O) groups excluding carboxylic acids is 6. The van der Waals surface area contributed by atoms with Gasteiger partial charge in [0.2, 0.25) is 0 Å². The fourth-order valence-electron chi connectivity index (χ4n) is 6.94. The zero-order chi connectivity index (χ0) is 50.3. The summed E-state index contributed by atoms with van der Waals surface area (Å²) in [4.78, 5) is 88.7. The van der Waals surface area contributed by atoms with E-state index in [1.807, 2.05) is 0 Å². The zero-order valence-corrected chi connectivity index (χ0v) is 38.4. The molecule has 4 N–H and O–H groups in total. The van der Waals surface area contributed by atoms with Crippen molar-refractivity contribution < 1.29 is 92.8 Å². The van der Waals surface area contributed by atoms with Crippen LogP contribution < -0.4 is 48.3 Å². The third-order valence-electron chi connectivity index (χ3n) is 9.52. The maximum absolute atomic E-state index is 18.1. The highest BCUT2D eigenvalue weighted by Gasteiger charge is 2.39. The van der Waals surface area contributed by atoms with Gasteiger partial charge in [0.25, 0.3) is 21.8 Å². The number of nitriles is 1. The molecule has 0 saturated carbocycles. The minimum Gasteiger partial charge on any atom is -0.488 e. The molecule has 3 heterocycles. The molecule has 27 heteroatoms. The van der Waals surface area contributed by atoms with Gasteiger partial charge in [-0.2, -0.15) is 9.98 Å². The summed E-state index contributed by atoms with van der Waals surface area (Å²) in [7, 11) is -10.1. The lowest BCUT2D eigenvalue weighted by Gasteiger charge is -2.26. The minimum atomic E-state index is -5.06. The van der Waals surface area contributed by atoms with E-state index < -0.39 is 171 Å². The molecule has 4 aromatic carbocycles. The summed E-state index contributed by atoms with van der Waals surface area (Å²) in [6, 6.07) is 6.46. The van der Waals surface area contributed by atoms with Crippen LogP contribution in [0.5, 0.6) is 40.2 Å². The van der Waals surface area contributed by atoms with Gasteiger partial charge in [0.05, 0.1) is 23.4 Å². The van der Waals surface area contributed by atoms with E-state index in [9.17, 15) is 51.0 Å². The van der Waals surface area contributed by atoms with Gasteiger partial charge in [-0.15, -0.1) is 11.3 Å². The molecule has 7 rings (SSSR count). The van der Waals surface area contributed by atoms with Crippen molar-refractivity contribution in [2.24, 2.45) is 0 Å². The van der Waals surface area contributed by atoms with Crippen LogP contribution in [0.25, 0.3) is 32.3 Å². The Morgan fingerprint density at radius 3 is 1.71 bits per heavy atom. The second kappa shape index (κ2) is 19.2. The first-order chi connectivity index (χ1) is 32.5. The average molecular weight is 1020 g/mol. The Morgan fingerprint density at radius 2 is 1.25 bits per heavy atom. The highest BCUT2D eigenvalue weighted by molar-refractivity contribution is 7.92. The molecule has 0 saturated heterocycles. The van der Waals surface area contributed by atoms with Crippen LogP contribution in [0, 0.1) is 28.8 Å². The van der Waals surface area contributed by atoms with Gasteiger partial charge in [0.15, 0.2) is 34.5 Å². The molecule has 0 spiro atoms. The van der Waals surface area contributed by atoms with Crippen molar-refractivity contribution in [2.75, 3.05) is 32.6 Å². The first kappa shape index (κ1) is 49.3. The van der Waals surface area contributed by atoms with E-state index >= 15 is 8.78 Å². The topological polar surface area (TPSA) is 298 Å². The Labute approximate surface area is 390 Å². The molecule has 0 radical (unpaired) electrons. The van der Waals surface area contributed by atoms with Crippen molar-refractivity contribution in [3.63, 3.8) is 0 Å². The van der Waals surface area contributed by atoms with Gasteiger partial charge < -0.3 is 48.5 Å². The summed E-state index contributed by atoms with van der Waals surface area (Å²) < 4.78 is 129. The van der Waals surface area contributed by atoms with Gasteiger partial charge in [-0.05, 0) is 30.3 Å². The number of nitrogens with zero attached hydrogens (tertiary/aromatic N) is 1. The van der Waals surface area contributed by atoms with Crippen molar-refractivity contribution in [3.8, 4) is 68.6 Å². The highest BCUT2D eigenvalue weighted by Crippen LogP contribution is 2.55. The first-order valence-electron chi connectivity index (χ1n) is 19.6. The number of thiophene rings is 1. The summed E-state index contributed by atoms with van der Waals surface area (Å²) in [5.41, 5.74) is -5.39. The van der Waals surface area contributed by atoms with Gasteiger partial charge in [0.1, 0.15) is 64.1 Å². The molecular weight excluding hydrogens is 985 g/mol. The van der Waals surface area contributed by atoms with Crippen LogP contribution in [0.2, 0.25) is 0 Å². The predicted molar refractivity (Wildman–Crippen MR) is 230 cm³/mol. The van der Waals surface area contributed by atoms with Crippen molar-refractivity contribution in [1.29, 1.82) is 5.26 Å². The molecule has 21 nitrogen and oxygen atoms in total. The summed E-state index contributed by atoms with van der Waals surface area (Å²) >= 11 is 0.0613. The van der Waals surface area contributed by atoms with Gasteiger partial charge in [-0.3, -0.25) is 28.8 Å². The fraction of sp³-hybridized carbons (Fsp3) is 0.214. The van der Waals surface area contributed by atoms with Crippen molar-refractivity contribution in [3.05, 3.63) is 70.5 Å². The molecule has 2 aliphatic heterocycles. The fourth-order valence-corrected chi connectivity index (χ4v) is 10.9. The standard InChI is InChI=1S/C42H32F3N4O17PS2/c1-17(50)62-36-23(12-27-38(64-19(3)52)32(36)41(54)47-7-9-60-27)30-31(24-13-28-39(65-20(4)53)33(37(24)63-18(2)51)42(55)48-8-10-61-28)35(45)40-25(34(30)44)14-29(68-40)69(58,59)49-16-67(56,57)66-22-6-5-21(15-46)26(43)11-22/h5-6,11-14,49H,7-10,16H2,1-4H3,(H,47,54)(H,48,55)(H,56,57). The van der Waals surface area contributed by atoms with E-state index in [2.05, 4.69) is 10.6 Å². The Hall–Kier alpha value is -7.56. The first-order valence-corrected chi connectivity index (χ1v) is 23.7. The number of fused-ring (bicyclic) bond motifs is 5. The number of halogens is 3. The van der Waals surface area contributed by atoms with E-state index in [0.717, 1.165) is 52.0 Å². The molecule has 360 valence electrons. The number of amides is 2. The molecule has 0 aliphatic carbocycles. The summed E-state index contributed by atoms with van der Waals surface area (Å²) in [6.07, 6.45) is -1.39. The van der Waals surface area contributed by atoms with E-state index in [4.69, 9.17) is 38.2 Å². The minimum absolute atomic E-state index is 0.0613. The summed E-state index contributed by atoms with van der Waals surface area (Å²) in [6.45, 7) is 2.69. The van der Waals surface area contributed by atoms with Crippen LogP contribution in [-0.4, -0.2) is 81.6 Å². The number of nitrogens with one attached hydrogen (secondary N) is 3. The lowest BCUT2D eigenvalue weighted by atomic mass is 9.88. The second-order valence-corrected chi connectivity index (χ2v) is 19.3. The number of carbonyl (C=O) groups is 6. The molecule has 1 atom stereocenters. The number of benzene rings is 4. The van der Waals surface area contributed by atoms with Gasteiger partial charge in [-0.25, -0.2) is 26.2 Å². The monoisotopic (exact) mass is 1020 g/mol. The van der Waals surface area contributed by atoms with E-state index in [0.29, 0.717) is 12.1 Å². The number of sulfonamides is 1. The molecule has 1 aromatic heterocycles. The number of rotatable bonds is 12. The van der Waals surface area contributed by atoms with Crippen LogP contribution >= 0.6 is 18.9 Å². The zero-order valence-electron chi connectivity index (χ0n) is 35.8. The summed E-state index contributed by atoms with van der Waals surface area (Å²) in [5, 5.41) is 13.0. The van der Waals surface area contributed by atoms with Gasteiger partial charge in [0, 0.05) is 61.4 Å². The maximum Gasteiger partial charge on any atom is 0.391 e. The SMILES string of the molecule is CC(=O)Oc1c2cc(-c3c(-c4cc5c(OC(C)=O)c(c4OC(C)=O)C(=O)NCCO5)c(F)c4sc(S(=O)(=O)NCP(=O)(O)Oc5ccc(C#N)c(F)c5)cc4c3F)c(OC(C)=O)c1C(=O)NCCO2. The number of hydrogen-bond donors (Lipinski definition) is 4. The van der Waals surface area contributed by atoms with E-state index in [-0.39, 0.29) is 37.6 Å². The van der Waals surface area contributed by atoms with Gasteiger partial charge in [-0.1, -0.05) is 0 Å². The van der Waals surface area contributed by atoms with E-state index in [1.54, 1.807) is 10.8 Å². The van der Waals surface area contributed by atoms with Crippen molar-refractivity contribution >= 4 is 74.7 Å². The number of esters is 4. The molecule has 2 aliphatic rings. The third-order valence-corrected chi connectivity index (χ3v) is 13.8. The normalized spacial score (nSPS) is 14.1. The van der Waals surface area contributed by atoms with Crippen LogP contribution in [-0.2, 0) is 33.8 Å². The molecule has 69 heavy (non-hydrogen) atoms. The maximum atomic E-state index is 18.1. The molecular formula is C42H32F3N4O17PS2. The Bertz CT molecular complexity index is 3150. The van der Waals surface area contributed by atoms with Crippen molar-refractivity contribution in [2.45, 2.75) is 31.9 Å². The van der Waals surface area contributed by atoms with Crippen LogP contribution in [0.15, 0.2) is 40.6 Å². The van der Waals surface area contributed by atoms with Gasteiger partial charge >= 0.3 is 31.5 Å². The third kappa shape index (κ3) is 10.0. The molecule has 1 unspecified atom stereocenters. The quantitative estimate of drug-likeness (QED) is 0.0728. The average Bonchev–Trinajstić information content (AvgIpc) is 3.72. The van der Waals surface area contributed by atoms with Crippen molar-refractivity contribution in [1.82, 2.24) is 15.4 Å². The number of ether oxygens (including phenoxy) is 6. The van der Waals surface area contributed by atoms with Crippen LogP contribution in [0.3, 0.4) is 0 Å².